The zero-order valence-corrected chi connectivity index (χ0v) is 12.0. The van der Waals surface area contributed by atoms with Crippen molar-refractivity contribution in [2.24, 2.45) is 10.8 Å². The van der Waals surface area contributed by atoms with Crippen LogP contribution in [-0.2, 0) is 4.74 Å². The summed E-state index contributed by atoms with van der Waals surface area (Å²) in [7, 11) is 0. The van der Waals surface area contributed by atoms with Crippen LogP contribution in [0.25, 0.3) is 0 Å². The highest BCUT2D eigenvalue weighted by molar-refractivity contribution is 4.83. The Balaban J connectivity index is 4.36. The number of ether oxygens (including phenoxy) is 1. The third-order valence-electron chi connectivity index (χ3n) is 2.45. The second-order valence-corrected chi connectivity index (χ2v) is 7.27. The van der Waals surface area contributed by atoms with Crippen molar-refractivity contribution >= 4 is 0 Å². The van der Waals surface area contributed by atoms with Gasteiger partial charge in [0.25, 0.3) is 0 Å². The van der Waals surface area contributed by atoms with E-state index in [1.807, 2.05) is 0 Å². The van der Waals surface area contributed by atoms with E-state index < -0.39 is 0 Å². The first kappa shape index (κ1) is 15.0. The van der Waals surface area contributed by atoms with Crippen LogP contribution in [0.1, 0.15) is 68.2 Å². The lowest BCUT2D eigenvalue weighted by molar-refractivity contribution is -0.0456. The maximum Gasteiger partial charge on any atom is 0.0631 e. The summed E-state index contributed by atoms with van der Waals surface area (Å²) in [6.45, 7) is 18.9. The SMILES string of the molecule is CCOC(C)(C)CC(C)(C)CC(C)(C)C. The summed E-state index contributed by atoms with van der Waals surface area (Å²) in [5.41, 5.74) is 0.742. The molecule has 0 radical (unpaired) electrons. The Bertz CT molecular complexity index is 184. The molecule has 0 unspecified atom stereocenters. The van der Waals surface area contributed by atoms with Gasteiger partial charge in [-0.2, -0.15) is 0 Å². The second kappa shape index (κ2) is 4.86. The topological polar surface area (TPSA) is 9.23 Å². The molecule has 0 spiro atoms. The predicted molar refractivity (Wildman–Crippen MR) is 68.2 cm³/mol. The third-order valence-corrected chi connectivity index (χ3v) is 2.45. The smallest absolute Gasteiger partial charge is 0.0631 e. The molecule has 1 nitrogen and oxygen atoms in total. The molecule has 0 aromatic heterocycles. The van der Waals surface area contributed by atoms with Crippen molar-refractivity contribution in [1.29, 1.82) is 0 Å². The highest BCUT2D eigenvalue weighted by Gasteiger charge is 2.32. The summed E-state index contributed by atoms with van der Waals surface area (Å²) in [5.74, 6) is 0. The zero-order valence-electron chi connectivity index (χ0n) is 12.0. The van der Waals surface area contributed by atoms with Gasteiger partial charge < -0.3 is 4.74 Å². The molecule has 1 heteroatoms. The molecule has 0 saturated carbocycles. The van der Waals surface area contributed by atoms with Crippen molar-refractivity contribution in [3.8, 4) is 0 Å². The Hall–Kier alpha value is -0.0400. The molecular weight excluding hydrogens is 184 g/mol. The zero-order chi connectivity index (χ0) is 12.3. The molecule has 0 bridgehead atoms. The second-order valence-electron chi connectivity index (χ2n) is 7.27. The van der Waals surface area contributed by atoms with Gasteiger partial charge in [-0.15, -0.1) is 0 Å². The van der Waals surface area contributed by atoms with Crippen molar-refractivity contribution in [2.75, 3.05) is 6.61 Å². The number of hydrogen-bond donors (Lipinski definition) is 0. The molecule has 0 aliphatic heterocycles. The Morgan fingerprint density at radius 3 is 1.60 bits per heavy atom. The molecule has 0 amide bonds. The maximum absolute atomic E-state index is 5.78. The van der Waals surface area contributed by atoms with Crippen molar-refractivity contribution in [3.63, 3.8) is 0 Å². The normalized spacial score (nSPS) is 14.4. The van der Waals surface area contributed by atoms with Crippen LogP contribution < -0.4 is 0 Å². The van der Waals surface area contributed by atoms with Crippen LogP contribution in [0, 0.1) is 10.8 Å². The first-order chi connectivity index (χ1) is 6.47. The van der Waals surface area contributed by atoms with Gasteiger partial charge in [0, 0.05) is 6.61 Å². The summed E-state index contributed by atoms with van der Waals surface area (Å²) < 4.78 is 5.78. The first-order valence-electron chi connectivity index (χ1n) is 6.11. The van der Waals surface area contributed by atoms with Crippen molar-refractivity contribution in [3.05, 3.63) is 0 Å². The fourth-order valence-corrected chi connectivity index (χ4v) is 3.09. The van der Waals surface area contributed by atoms with Crippen molar-refractivity contribution < 1.29 is 4.74 Å². The summed E-state index contributed by atoms with van der Waals surface area (Å²) in [6.07, 6.45) is 2.35. The minimum Gasteiger partial charge on any atom is -0.376 e. The van der Waals surface area contributed by atoms with E-state index >= 15 is 0 Å². The van der Waals surface area contributed by atoms with Gasteiger partial charge in [-0.1, -0.05) is 34.6 Å². The van der Waals surface area contributed by atoms with Crippen LogP contribution >= 0.6 is 0 Å². The summed E-state index contributed by atoms with van der Waals surface area (Å²) >= 11 is 0. The lowest BCUT2D eigenvalue weighted by atomic mass is 9.71. The molecule has 0 N–H and O–H groups in total. The molecule has 15 heavy (non-hydrogen) atoms. The molecule has 0 heterocycles. The van der Waals surface area contributed by atoms with Crippen molar-refractivity contribution in [1.82, 2.24) is 0 Å². The van der Waals surface area contributed by atoms with Gasteiger partial charge in [-0.25, -0.2) is 0 Å². The Labute approximate surface area is 96.6 Å². The molecule has 0 saturated heterocycles. The van der Waals surface area contributed by atoms with Gasteiger partial charge in [0.15, 0.2) is 0 Å². The molecule has 92 valence electrons. The van der Waals surface area contributed by atoms with Crippen molar-refractivity contribution in [2.45, 2.75) is 73.8 Å². The standard InChI is InChI=1S/C14H30O/c1-9-15-14(7,8)11-13(5,6)10-12(2,3)4/h9-11H2,1-8H3. The van der Waals surface area contributed by atoms with Crippen LogP contribution in [0.4, 0.5) is 0 Å². The molecule has 0 rings (SSSR count). The minimum absolute atomic E-state index is 0.00347. The van der Waals surface area contributed by atoms with E-state index in [0.717, 1.165) is 13.0 Å². The van der Waals surface area contributed by atoms with E-state index in [9.17, 15) is 0 Å². The lowest BCUT2D eigenvalue weighted by Gasteiger charge is -2.38. The van der Waals surface area contributed by atoms with E-state index in [4.69, 9.17) is 4.74 Å². The molecule has 0 aliphatic rings. The maximum atomic E-state index is 5.78. The minimum atomic E-state index is 0.00347. The van der Waals surface area contributed by atoms with Gasteiger partial charge in [-0.3, -0.25) is 0 Å². The quantitative estimate of drug-likeness (QED) is 0.647. The van der Waals surface area contributed by atoms with Gasteiger partial charge in [0.1, 0.15) is 0 Å². The van der Waals surface area contributed by atoms with Crippen LogP contribution in [0.3, 0.4) is 0 Å². The van der Waals surface area contributed by atoms with E-state index in [0.29, 0.717) is 10.8 Å². The predicted octanol–water partition coefficient (Wildman–Crippen LogP) is 4.65. The summed E-state index contributed by atoms with van der Waals surface area (Å²) in [6, 6.07) is 0. The summed E-state index contributed by atoms with van der Waals surface area (Å²) in [4.78, 5) is 0. The van der Waals surface area contributed by atoms with E-state index in [1.165, 1.54) is 6.42 Å². The monoisotopic (exact) mass is 214 g/mol. The summed E-state index contributed by atoms with van der Waals surface area (Å²) in [5, 5.41) is 0. The molecule has 0 aromatic carbocycles. The van der Waals surface area contributed by atoms with E-state index in [1.54, 1.807) is 0 Å². The van der Waals surface area contributed by atoms with Crippen LogP contribution in [0.2, 0.25) is 0 Å². The van der Waals surface area contributed by atoms with E-state index in [2.05, 4.69) is 55.4 Å². The van der Waals surface area contributed by atoms with Crippen LogP contribution in [0.15, 0.2) is 0 Å². The fraction of sp³-hybridized carbons (Fsp3) is 1.00. The fourth-order valence-electron chi connectivity index (χ4n) is 3.09. The highest BCUT2D eigenvalue weighted by Crippen LogP contribution is 2.39. The van der Waals surface area contributed by atoms with E-state index in [-0.39, 0.29) is 5.60 Å². The average Bonchev–Trinajstić information content (AvgIpc) is 1.74. The number of hydrogen-bond acceptors (Lipinski definition) is 1. The van der Waals surface area contributed by atoms with Crippen LogP contribution in [0.5, 0.6) is 0 Å². The number of rotatable bonds is 5. The Morgan fingerprint density at radius 1 is 0.800 bits per heavy atom. The van der Waals surface area contributed by atoms with Crippen LogP contribution in [-0.4, -0.2) is 12.2 Å². The molecular formula is C14H30O. The average molecular weight is 214 g/mol. The largest absolute Gasteiger partial charge is 0.376 e. The third kappa shape index (κ3) is 7.84. The lowest BCUT2D eigenvalue weighted by Crippen LogP contribution is -2.33. The molecule has 0 fully saturated rings. The van der Waals surface area contributed by atoms with Gasteiger partial charge in [0.2, 0.25) is 0 Å². The molecule has 0 aliphatic carbocycles. The van der Waals surface area contributed by atoms with Gasteiger partial charge in [-0.05, 0) is 44.4 Å². The molecule has 0 atom stereocenters. The van der Waals surface area contributed by atoms with Gasteiger partial charge >= 0.3 is 0 Å². The Kier molecular flexibility index (Phi) is 4.85. The van der Waals surface area contributed by atoms with Gasteiger partial charge in [0.05, 0.1) is 5.60 Å². The Morgan fingerprint density at radius 2 is 1.27 bits per heavy atom. The first-order valence-corrected chi connectivity index (χ1v) is 6.11. The molecule has 0 aromatic rings. The highest BCUT2D eigenvalue weighted by atomic mass is 16.5.